The second-order valence-corrected chi connectivity index (χ2v) is 5.37. The van der Waals surface area contributed by atoms with Crippen molar-refractivity contribution in [1.29, 1.82) is 0 Å². The van der Waals surface area contributed by atoms with Crippen LogP contribution in [0.25, 0.3) is 0 Å². The molecule has 0 aliphatic heterocycles. The Labute approximate surface area is 99.1 Å². The summed E-state index contributed by atoms with van der Waals surface area (Å²) in [7, 11) is 0. The minimum atomic E-state index is -0.0299. The molecule has 1 aliphatic carbocycles. The Morgan fingerprint density at radius 1 is 1.50 bits per heavy atom. The molecule has 0 bridgehead atoms. The van der Waals surface area contributed by atoms with Crippen LogP contribution in [0.1, 0.15) is 53.4 Å². The normalized spacial score (nSPS) is 26.8. The molecule has 2 heteroatoms. The molecule has 1 atom stereocenters. The van der Waals surface area contributed by atoms with Crippen molar-refractivity contribution in [2.24, 2.45) is 11.3 Å². The number of carbonyl (C=O) groups excluding carboxylic acids is 1. The lowest BCUT2D eigenvalue weighted by molar-refractivity contribution is -0.147. The van der Waals surface area contributed by atoms with E-state index in [9.17, 15) is 4.79 Å². The van der Waals surface area contributed by atoms with Crippen LogP contribution in [0.2, 0.25) is 0 Å². The predicted molar refractivity (Wildman–Crippen MR) is 66.1 cm³/mol. The van der Waals surface area contributed by atoms with Crippen molar-refractivity contribution in [3.63, 3.8) is 0 Å². The van der Waals surface area contributed by atoms with Gasteiger partial charge < -0.3 is 4.74 Å². The Bertz CT molecular complexity index is 276. The number of carbonyl (C=O) groups is 1. The van der Waals surface area contributed by atoms with Crippen LogP contribution in [0, 0.1) is 11.3 Å². The average molecular weight is 224 g/mol. The Morgan fingerprint density at radius 2 is 2.19 bits per heavy atom. The van der Waals surface area contributed by atoms with Gasteiger partial charge in [0.05, 0.1) is 12.5 Å². The first-order valence-electron chi connectivity index (χ1n) is 6.35. The van der Waals surface area contributed by atoms with E-state index in [0.29, 0.717) is 12.0 Å². The smallest absolute Gasteiger partial charge is 0.313 e. The lowest BCUT2D eigenvalue weighted by atomic mass is 9.70. The maximum atomic E-state index is 11.8. The lowest BCUT2D eigenvalue weighted by Crippen LogP contribution is -2.29. The number of hydrogen-bond donors (Lipinski definition) is 0. The van der Waals surface area contributed by atoms with Crippen molar-refractivity contribution < 1.29 is 9.53 Å². The molecule has 0 aromatic carbocycles. The number of allylic oxidation sites excluding steroid dienone is 1. The van der Waals surface area contributed by atoms with Gasteiger partial charge in [0.1, 0.15) is 0 Å². The van der Waals surface area contributed by atoms with E-state index in [-0.39, 0.29) is 11.9 Å². The van der Waals surface area contributed by atoms with E-state index in [1.807, 2.05) is 6.92 Å². The summed E-state index contributed by atoms with van der Waals surface area (Å²) in [6, 6.07) is 0. The zero-order valence-corrected chi connectivity index (χ0v) is 11.0. The Hall–Kier alpha value is -0.790. The second kappa shape index (κ2) is 5.51. The van der Waals surface area contributed by atoms with Gasteiger partial charge >= 0.3 is 5.97 Å². The van der Waals surface area contributed by atoms with Crippen LogP contribution in [0.15, 0.2) is 11.6 Å². The van der Waals surface area contributed by atoms with Crippen LogP contribution in [-0.4, -0.2) is 12.6 Å². The summed E-state index contributed by atoms with van der Waals surface area (Å²) in [5, 5.41) is 0. The van der Waals surface area contributed by atoms with Crippen LogP contribution in [0.4, 0.5) is 0 Å². The van der Waals surface area contributed by atoms with Gasteiger partial charge in [-0.15, -0.1) is 0 Å². The van der Waals surface area contributed by atoms with Crippen molar-refractivity contribution in [3.8, 4) is 0 Å². The van der Waals surface area contributed by atoms with Crippen molar-refractivity contribution >= 4 is 5.97 Å². The van der Waals surface area contributed by atoms with E-state index in [0.717, 1.165) is 25.7 Å². The number of rotatable bonds is 3. The standard InChI is InChI=1S/C14H24O2/c1-5-7-11-10-14(3,4)9-8-12(11)13(15)16-6-2/h7,12H,5-6,8-10H2,1-4H3. The monoisotopic (exact) mass is 224 g/mol. The van der Waals surface area contributed by atoms with Gasteiger partial charge in [-0.3, -0.25) is 4.79 Å². The van der Waals surface area contributed by atoms with Crippen molar-refractivity contribution in [3.05, 3.63) is 11.6 Å². The molecule has 0 amide bonds. The predicted octanol–water partition coefficient (Wildman–Crippen LogP) is 3.71. The quantitative estimate of drug-likeness (QED) is 0.539. The third-order valence-electron chi connectivity index (χ3n) is 3.28. The van der Waals surface area contributed by atoms with Crippen LogP contribution >= 0.6 is 0 Å². The van der Waals surface area contributed by atoms with E-state index in [1.54, 1.807) is 0 Å². The summed E-state index contributed by atoms with van der Waals surface area (Å²) in [6.07, 6.45) is 6.29. The van der Waals surface area contributed by atoms with E-state index in [1.165, 1.54) is 5.57 Å². The molecular weight excluding hydrogens is 200 g/mol. The molecule has 0 heterocycles. The molecule has 0 N–H and O–H groups in total. The highest BCUT2D eigenvalue weighted by molar-refractivity contribution is 5.76. The summed E-state index contributed by atoms with van der Waals surface area (Å²) in [6.45, 7) is 9.03. The van der Waals surface area contributed by atoms with Crippen LogP contribution in [-0.2, 0) is 9.53 Å². The SMILES string of the molecule is CCC=C1CC(C)(C)CCC1C(=O)OCC. The van der Waals surface area contributed by atoms with Gasteiger partial charge in [-0.05, 0) is 38.0 Å². The molecule has 2 nitrogen and oxygen atoms in total. The Kier molecular flexibility index (Phi) is 4.57. The fraction of sp³-hybridized carbons (Fsp3) is 0.786. The van der Waals surface area contributed by atoms with E-state index >= 15 is 0 Å². The fourth-order valence-electron chi connectivity index (χ4n) is 2.47. The van der Waals surface area contributed by atoms with Gasteiger partial charge in [0.25, 0.3) is 0 Å². The zero-order chi connectivity index (χ0) is 12.2. The highest BCUT2D eigenvalue weighted by atomic mass is 16.5. The number of esters is 1. The number of ether oxygens (including phenoxy) is 1. The van der Waals surface area contributed by atoms with E-state index in [4.69, 9.17) is 4.74 Å². The third-order valence-corrected chi connectivity index (χ3v) is 3.28. The summed E-state index contributed by atoms with van der Waals surface area (Å²) >= 11 is 0. The largest absolute Gasteiger partial charge is 0.466 e. The molecule has 0 spiro atoms. The molecule has 1 rings (SSSR count). The molecule has 1 unspecified atom stereocenters. The number of hydrogen-bond acceptors (Lipinski definition) is 2. The summed E-state index contributed by atoms with van der Waals surface area (Å²) in [4.78, 5) is 11.8. The van der Waals surface area contributed by atoms with Crippen molar-refractivity contribution in [2.75, 3.05) is 6.61 Å². The van der Waals surface area contributed by atoms with E-state index < -0.39 is 0 Å². The van der Waals surface area contributed by atoms with E-state index in [2.05, 4.69) is 26.8 Å². The van der Waals surface area contributed by atoms with Crippen LogP contribution in [0.3, 0.4) is 0 Å². The molecular formula is C14H24O2. The molecule has 0 radical (unpaired) electrons. The lowest BCUT2D eigenvalue weighted by Gasteiger charge is -2.35. The van der Waals surface area contributed by atoms with Crippen LogP contribution < -0.4 is 0 Å². The van der Waals surface area contributed by atoms with Crippen LogP contribution in [0.5, 0.6) is 0 Å². The molecule has 1 saturated carbocycles. The first-order chi connectivity index (χ1) is 7.50. The maximum absolute atomic E-state index is 11.8. The van der Waals surface area contributed by atoms with Gasteiger partial charge in [-0.25, -0.2) is 0 Å². The minimum absolute atomic E-state index is 0.0212. The summed E-state index contributed by atoms with van der Waals surface area (Å²) < 4.78 is 5.15. The summed E-state index contributed by atoms with van der Waals surface area (Å²) in [5.41, 5.74) is 1.63. The van der Waals surface area contributed by atoms with Gasteiger partial charge in [-0.2, -0.15) is 0 Å². The minimum Gasteiger partial charge on any atom is -0.466 e. The van der Waals surface area contributed by atoms with Crippen molar-refractivity contribution in [2.45, 2.75) is 53.4 Å². The first kappa shape index (κ1) is 13.3. The Morgan fingerprint density at radius 3 is 2.75 bits per heavy atom. The first-order valence-corrected chi connectivity index (χ1v) is 6.35. The van der Waals surface area contributed by atoms with Gasteiger partial charge in [-0.1, -0.05) is 32.4 Å². The highest BCUT2D eigenvalue weighted by Gasteiger charge is 2.34. The topological polar surface area (TPSA) is 26.3 Å². The van der Waals surface area contributed by atoms with Gasteiger partial charge in [0.2, 0.25) is 0 Å². The zero-order valence-electron chi connectivity index (χ0n) is 11.0. The maximum Gasteiger partial charge on any atom is 0.313 e. The highest BCUT2D eigenvalue weighted by Crippen LogP contribution is 2.42. The molecule has 0 aromatic rings. The molecule has 92 valence electrons. The fourth-order valence-corrected chi connectivity index (χ4v) is 2.47. The van der Waals surface area contributed by atoms with Gasteiger partial charge in [0, 0.05) is 0 Å². The summed E-state index contributed by atoms with van der Waals surface area (Å²) in [5.74, 6) is -0.00868. The molecule has 1 fully saturated rings. The second-order valence-electron chi connectivity index (χ2n) is 5.37. The molecule has 0 aromatic heterocycles. The molecule has 1 aliphatic rings. The Balaban J connectivity index is 2.77. The molecule has 16 heavy (non-hydrogen) atoms. The van der Waals surface area contributed by atoms with Crippen molar-refractivity contribution in [1.82, 2.24) is 0 Å². The molecule has 0 saturated heterocycles. The third kappa shape index (κ3) is 3.36. The average Bonchev–Trinajstić information content (AvgIpc) is 2.17. The van der Waals surface area contributed by atoms with Gasteiger partial charge in [0.15, 0.2) is 0 Å².